The van der Waals surface area contributed by atoms with Gasteiger partial charge >= 0.3 is 12.0 Å². The van der Waals surface area contributed by atoms with Crippen molar-refractivity contribution in [2.45, 2.75) is 37.6 Å². The van der Waals surface area contributed by atoms with Gasteiger partial charge in [-0.15, -0.1) is 0 Å². The van der Waals surface area contributed by atoms with E-state index in [9.17, 15) is 19.5 Å². The molecular formula is C13H21N3O4. The molecule has 20 heavy (non-hydrogen) atoms. The minimum Gasteiger partial charge on any atom is -0.480 e. The van der Waals surface area contributed by atoms with Gasteiger partial charge in [-0.25, -0.2) is 9.59 Å². The van der Waals surface area contributed by atoms with E-state index in [1.165, 1.54) is 0 Å². The van der Waals surface area contributed by atoms with Gasteiger partial charge in [-0.3, -0.25) is 4.79 Å². The molecule has 1 saturated heterocycles. The lowest BCUT2D eigenvalue weighted by Crippen LogP contribution is -2.62. The topological polar surface area (TPSA) is 98.7 Å². The van der Waals surface area contributed by atoms with Crippen LogP contribution in [0.2, 0.25) is 0 Å². The molecule has 2 rings (SSSR count). The van der Waals surface area contributed by atoms with E-state index in [-0.39, 0.29) is 17.9 Å². The number of carboxylic acids is 1. The summed E-state index contributed by atoms with van der Waals surface area (Å²) in [5.41, 5.74) is -1.10. The Morgan fingerprint density at radius 3 is 2.45 bits per heavy atom. The zero-order chi connectivity index (χ0) is 14.8. The molecule has 1 aliphatic carbocycles. The summed E-state index contributed by atoms with van der Waals surface area (Å²) in [6, 6.07) is -0.374. The minimum absolute atomic E-state index is 0.0703. The average molecular weight is 283 g/mol. The maximum atomic E-state index is 12.2. The zero-order valence-electron chi connectivity index (χ0n) is 11.6. The number of carboxylic acid groups (broad SMARTS) is 1. The molecule has 0 spiro atoms. The van der Waals surface area contributed by atoms with Gasteiger partial charge in [0.1, 0.15) is 5.54 Å². The second-order valence-electron chi connectivity index (χ2n) is 5.57. The largest absolute Gasteiger partial charge is 0.480 e. The van der Waals surface area contributed by atoms with Crippen molar-refractivity contribution in [3.63, 3.8) is 0 Å². The van der Waals surface area contributed by atoms with Crippen LogP contribution in [0.25, 0.3) is 0 Å². The van der Waals surface area contributed by atoms with Gasteiger partial charge in [-0.1, -0.05) is 0 Å². The Kier molecular flexibility index (Phi) is 4.15. The number of aliphatic carboxylic acids is 1. The summed E-state index contributed by atoms with van der Waals surface area (Å²) in [6.07, 6.45) is 3.27. The minimum atomic E-state index is -1.10. The molecule has 0 aromatic carbocycles. The monoisotopic (exact) mass is 283 g/mol. The first-order chi connectivity index (χ1) is 9.48. The van der Waals surface area contributed by atoms with Crippen molar-refractivity contribution in [3.8, 4) is 0 Å². The number of likely N-dealkylation sites (tertiary alicyclic amines) is 1. The van der Waals surface area contributed by atoms with Gasteiger partial charge in [-0.05, 0) is 32.1 Å². The molecule has 1 heterocycles. The number of nitrogens with one attached hydrogen (secondary N) is 2. The van der Waals surface area contributed by atoms with Gasteiger partial charge in [0.2, 0.25) is 5.91 Å². The van der Waals surface area contributed by atoms with Crippen LogP contribution in [0.3, 0.4) is 0 Å². The van der Waals surface area contributed by atoms with Crippen LogP contribution < -0.4 is 10.6 Å². The van der Waals surface area contributed by atoms with Crippen molar-refractivity contribution in [2.75, 3.05) is 20.1 Å². The molecule has 7 heteroatoms. The summed E-state index contributed by atoms with van der Waals surface area (Å²) in [6.45, 7) is 0.913. The molecule has 3 amide bonds. The number of piperidine rings is 1. The Bertz CT molecular complexity index is 420. The Labute approximate surface area is 117 Å². The molecule has 2 fully saturated rings. The number of rotatable bonds is 3. The van der Waals surface area contributed by atoms with Crippen molar-refractivity contribution in [2.24, 2.45) is 5.92 Å². The molecule has 7 nitrogen and oxygen atoms in total. The first-order valence-corrected chi connectivity index (χ1v) is 7.00. The Balaban J connectivity index is 1.95. The highest BCUT2D eigenvalue weighted by atomic mass is 16.4. The highest BCUT2D eigenvalue weighted by Gasteiger charge is 2.46. The van der Waals surface area contributed by atoms with E-state index in [0.29, 0.717) is 25.9 Å². The highest BCUT2D eigenvalue weighted by Crippen LogP contribution is 2.32. The van der Waals surface area contributed by atoms with Gasteiger partial charge in [0.15, 0.2) is 0 Å². The maximum absolute atomic E-state index is 12.2. The molecule has 112 valence electrons. The quantitative estimate of drug-likeness (QED) is 0.687. The van der Waals surface area contributed by atoms with Crippen molar-refractivity contribution in [1.82, 2.24) is 15.5 Å². The third-order valence-corrected chi connectivity index (χ3v) is 4.29. The summed E-state index contributed by atoms with van der Waals surface area (Å²) in [5, 5.41) is 14.4. The summed E-state index contributed by atoms with van der Waals surface area (Å²) in [4.78, 5) is 36.6. The highest BCUT2D eigenvalue weighted by molar-refractivity contribution is 5.87. The normalized spacial score (nSPS) is 24.4. The van der Waals surface area contributed by atoms with E-state index in [0.717, 1.165) is 19.3 Å². The van der Waals surface area contributed by atoms with E-state index >= 15 is 0 Å². The second kappa shape index (κ2) is 5.68. The molecule has 0 radical (unpaired) electrons. The van der Waals surface area contributed by atoms with Crippen LogP contribution in [0.1, 0.15) is 32.1 Å². The molecule has 0 bridgehead atoms. The molecule has 1 unspecified atom stereocenters. The predicted octanol–water partition coefficient (Wildman–Crippen LogP) is 0.161. The summed E-state index contributed by atoms with van der Waals surface area (Å²) >= 11 is 0. The Hall–Kier alpha value is -1.79. The van der Waals surface area contributed by atoms with Crippen LogP contribution in [0.15, 0.2) is 0 Å². The summed E-state index contributed by atoms with van der Waals surface area (Å²) in [7, 11) is 1.58. The SMILES string of the molecule is CNC(=O)C1CCCN(C(=O)NC2(C(=O)O)CCC2)C1. The first-order valence-electron chi connectivity index (χ1n) is 7.00. The van der Waals surface area contributed by atoms with E-state index in [1.807, 2.05) is 0 Å². The van der Waals surface area contributed by atoms with Gasteiger partial charge in [0.05, 0.1) is 5.92 Å². The predicted molar refractivity (Wildman–Crippen MR) is 71.1 cm³/mol. The Morgan fingerprint density at radius 1 is 1.25 bits per heavy atom. The summed E-state index contributed by atoms with van der Waals surface area (Å²) < 4.78 is 0. The maximum Gasteiger partial charge on any atom is 0.329 e. The van der Waals surface area contributed by atoms with Gasteiger partial charge in [0.25, 0.3) is 0 Å². The smallest absolute Gasteiger partial charge is 0.329 e. The fraction of sp³-hybridized carbons (Fsp3) is 0.769. The van der Waals surface area contributed by atoms with Crippen molar-refractivity contribution in [1.29, 1.82) is 0 Å². The standard InChI is InChI=1S/C13H21N3O4/c1-14-10(17)9-4-2-7-16(8-9)12(20)15-13(11(18)19)5-3-6-13/h9H,2-8H2,1H3,(H,14,17)(H,15,20)(H,18,19). The molecule has 1 aliphatic heterocycles. The van der Waals surface area contributed by atoms with Gasteiger partial charge in [0, 0.05) is 20.1 Å². The lowest BCUT2D eigenvalue weighted by molar-refractivity contribution is -0.148. The molecule has 1 atom stereocenters. The van der Waals surface area contributed by atoms with Crippen LogP contribution in [-0.4, -0.2) is 53.6 Å². The third-order valence-electron chi connectivity index (χ3n) is 4.29. The van der Waals surface area contributed by atoms with E-state index in [4.69, 9.17) is 0 Å². The lowest BCUT2D eigenvalue weighted by atomic mass is 9.77. The molecule has 1 saturated carbocycles. The zero-order valence-corrected chi connectivity index (χ0v) is 11.6. The summed E-state index contributed by atoms with van der Waals surface area (Å²) in [5.74, 6) is -1.25. The number of carbonyl (C=O) groups excluding carboxylic acids is 2. The number of amides is 3. The van der Waals surface area contributed by atoms with Crippen LogP contribution in [0, 0.1) is 5.92 Å². The number of hydrogen-bond donors (Lipinski definition) is 3. The molecule has 0 aromatic rings. The molecule has 3 N–H and O–H groups in total. The molecular weight excluding hydrogens is 262 g/mol. The molecule has 0 aromatic heterocycles. The van der Waals surface area contributed by atoms with Gasteiger partial charge in [-0.2, -0.15) is 0 Å². The third kappa shape index (κ3) is 2.71. The average Bonchev–Trinajstić information content (AvgIpc) is 2.41. The fourth-order valence-electron chi connectivity index (χ4n) is 2.79. The van der Waals surface area contributed by atoms with Crippen molar-refractivity contribution >= 4 is 17.9 Å². The van der Waals surface area contributed by atoms with Crippen LogP contribution in [0.5, 0.6) is 0 Å². The van der Waals surface area contributed by atoms with Crippen molar-refractivity contribution in [3.05, 3.63) is 0 Å². The number of hydrogen-bond acceptors (Lipinski definition) is 3. The van der Waals surface area contributed by atoms with Crippen LogP contribution in [-0.2, 0) is 9.59 Å². The van der Waals surface area contributed by atoms with E-state index in [1.54, 1.807) is 11.9 Å². The van der Waals surface area contributed by atoms with Crippen molar-refractivity contribution < 1.29 is 19.5 Å². The lowest BCUT2D eigenvalue weighted by Gasteiger charge is -2.41. The van der Waals surface area contributed by atoms with Crippen LogP contribution >= 0.6 is 0 Å². The number of carbonyl (C=O) groups is 3. The van der Waals surface area contributed by atoms with Crippen LogP contribution in [0.4, 0.5) is 4.79 Å². The second-order valence-corrected chi connectivity index (χ2v) is 5.57. The first kappa shape index (κ1) is 14.6. The number of nitrogens with zero attached hydrogens (tertiary/aromatic N) is 1. The fourth-order valence-corrected chi connectivity index (χ4v) is 2.79. The van der Waals surface area contributed by atoms with Gasteiger partial charge < -0.3 is 20.6 Å². The van der Waals surface area contributed by atoms with E-state index < -0.39 is 11.5 Å². The number of urea groups is 1. The Morgan fingerprint density at radius 2 is 1.95 bits per heavy atom. The molecule has 2 aliphatic rings. The van der Waals surface area contributed by atoms with E-state index in [2.05, 4.69) is 10.6 Å².